The Labute approximate surface area is 159 Å². The molecular weight excluding hydrogens is 415 g/mol. The van der Waals surface area contributed by atoms with Gasteiger partial charge in [-0.15, -0.1) is 0 Å². The number of carbonyl (C=O) groups excluding carboxylic acids is 6. The SMILES string of the molecule is CC(=O)[CH-]C(C)=O.CC(=O)[CH-]C(C)=O.CC(=O)[CH-]C(C)=O.[La+3]. The van der Waals surface area contributed by atoms with Crippen LogP contribution in [0.4, 0.5) is 0 Å². The Morgan fingerprint density at radius 3 is 0.500 bits per heavy atom. The van der Waals surface area contributed by atoms with Crippen LogP contribution in [-0.2, 0) is 28.8 Å². The van der Waals surface area contributed by atoms with Crippen LogP contribution in [0.15, 0.2) is 0 Å². The fourth-order valence-electron chi connectivity index (χ4n) is 0.859. The minimum atomic E-state index is -0.187. The quantitative estimate of drug-likeness (QED) is 0.457. The predicted molar refractivity (Wildman–Crippen MR) is 77.0 cm³/mol. The number of Topliss-reactive ketones (excluding diaryl/α,β-unsaturated/α-hetero) is 6. The van der Waals surface area contributed by atoms with Crippen molar-refractivity contribution in [1.82, 2.24) is 0 Å². The predicted octanol–water partition coefficient (Wildman–Crippen LogP) is 1.11. The molecule has 0 saturated heterocycles. The number of ketones is 6. The second-order valence-electron chi connectivity index (χ2n) is 4.10. The number of hydrogen-bond donors (Lipinski definition) is 0. The summed E-state index contributed by atoms with van der Waals surface area (Å²) in [6.07, 6.45) is 3.17. The Hall–Kier alpha value is -1.18. The van der Waals surface area contributed by atoms with Gasteiger partial charge in [-0.25, -0.2) is 0 Å². The third-order valence-electron chi connectivity index (χ3n) is 1.22. The van der Waals surface area contributed by atoms with Gasteiger partial charge in [0.1, 0.15) is 0 Å². The summed E-state index contributed by atoms with van der Waals surface area (Å²) in [6.45, 7) is 8.09. The summed E-state index contributed by atoms with van der Waals surface area (Å²) in [5, 5.41) is 0. The van der Waals surface area contributed by atoms with E-state index in [2.05, 4.69) is 0 Å². The van der Waals surface area contributed by atoms with E-state index in [1.54, 1.807) is 0 Å². The molecule has 120 valence electrons. The van der Waals surface area contributed by atoms with E-state index in [9.17, 15) is 28.8 Å². The van der Waals surface area contributed by atoms with Gasteiger partial charge in [0.25, 0.3) is 0 Å². The molecule has 0 rings (SSSR count). The van der Waals surface area contributed by atoms with E-state index in [1.807, 2.05) is 0 Å². The molecule has 0 aromatic carbocycles. The first-order chi connectivity index (χ1) is 9.38. The maximum absolute atomic E-state index is 9.98. The Balaban J connectivity index is -0.000000108. The standard InChI is InChI=1S/3C5H7O2.La/c3*1-4(6)3-5(2)7;/h3*3H,1-2H3;/q3*-1;+3. The minimum absolute atomic E-state index is 0. The van der Waals surface area contributed by atoms with Gasteiger partial charge in [0, 0.05) is 34.7 Å². The van der Waals surface area contributed by atoms with Gasteiger partial charge < -0.3 is 28.8 Å². The maximum Gasteiger partial charge on any atom is 3.00 e. The first kappa shape index (κ1) is 28.9. The van der Waals surface area contributed by atoms with Crippen LogP contribution >= 0.6 is 0 Å². The summed E-state index contributed by atoms with van der Waals surface area (Å²) >= 11 is 0. The molecule has 0 aromatic heterocycles. The summed E-state index contributed by atoms with van der Waals surface area (Å²) < 4.78 is 0. The van der Waals surface area contributed by atoms with Gasteiger partial charge >= 0.3 is 35.6 Å². The largest absolute Gasteiger partial charge is 3.00 e. The van der Waals surface area contributed by atoms with Crippen molar-refractivity contribution in [1.29, 1.82) is 0 Å². The van der Waals surface area contributed by atoms with E-state index in [0.717, 1.165) is 19.3 Å². The molecule has 0 atom stereocenters. The van der Waals surface area contributed by atoms with Crippen molar-refractivity contribution in [2.24, 2.45) is 0 Å². The molecule has 0 radical (unpaired) electrons. The van der Waals surface area contributed by atoms with Crippen molar-refractivity contribution < 1.29 is 64.4 Å². The third kappa shape index (κ3) is 51.0. The van der Waals surface area contributed by atoms with Crippen molar-refractivity contribution in [2.75, 3.05) is 0 Å². The molecular formula is C15H21LaO6. The van der Waals surface area contributed by atoms with Gasteiger partial charge in [0.15, 0.2) is 0 Å². The van der Waals surface area contributed by atoms with Gasteiger partial charge in [-0.3, -0.25) is 19.3 Å². The van der Waals surface area contributed by atoms with Crippen molar-refractivity contribution in [3.63, 3.8) is 0 Å². The Bertz CT molecular complexity index is 314. The van der Waals surface area contributed by atoms with Crippen LogP contribution in [0, 0.1) is 54.9 Å². The number of rotatable bonds is 6. The summed E-state index contributed by atoms with van der Waals surface area (Å²) in [4.78, 5) is 59.9. The third-order valence-corrected chi connectivity index (χ3v) is 1.22. The van der Waals surface area contributed by atoms with Crippen LogP contribution in [0.3, 0.4) is 0 Å². The molecule has 0 amide bonds. The average Bonchev–Trinajstić information content (AvgIpc) is 2.10. The first-order valence-corrected chi connectivity index (χ1v) is 5.96. The molecule has 0 heterocycles. The van der Waals surface area contributed by atoms with Crippen LogP contribution in [0.2, 0.25) is 0 Å². The van der Waals surface area contributed by atoms with Crippen molar-refractivity contribution in [3.8, 4) is 0 Å². The van der Waals surface area contributed by atoms with E-state index in [-0.39, 0.29) is 70.3 Å². The van der Waals surface area contributed by atoms with Gasteiger partial charge in [0.05, 0.1) is 0 Å². The molecule has 0 aliphatic carbocycles. The molecule has 0 aliphatic heterocycles. The van der Waals surface area contributed by atoms with E-state index in [0.29, 0.717) is 0 Å². The molecule has 6 nitrogen and oxygen atoms in total. The number of hydrogen-bond acceptors (Lipinski definition) is 6. The smallest absolute Gasteiger partial charge is 0.334 e. The fourth-order valence-corrected chi connectivity index (χ4v) is 0.859. The molecule has 22 heavy (non-hydrogen) atoms. The van der Waals surface area contributed by atoms with Crippen LogP contribution in [0.25, 0.3) is 0 Å². The molecule has 0 saturated carbocycles. The van der Waals surface area contributed by atoms with Gasteiger partial charge in [-0.2, -0.15) is 0 Å². The number of carbonyl (C=O) groups is 6. The van der Waals surface area contributed by atoms with Crippen molar-refractivity contribution >= 4 is 34.7 Å². The van der Waals surface area contributed by atoms with E-state index in [1.165, 1.54) is 41.5 Å². The van der Waals surface area contributed by atoms with Crippen molar-refractivity contribution in [2.45, 2.75) is 41.5 Å². The van der Waals surface area contributed by atoms with Gasteiger partial charge in [-0.05, 0) is 41.5 Å². The second kappa shape index (κ2) is 17.9. The molecule has 7 heteroatoms. The fraction of sp³-hybridized carbons (Fsp3) is 0.400. The summed E-state index contributed by atoms with van der Waals surface area (Å²) in [5.41, 5.74) is 0. The molecule has 0 N–H and O–H groups in total. The van der Waals surface area contributed by atoms with E-state index in [4.69, 9.17) is 0 Å². The molecule has 0 aromatic rings. The van der Waals surface area contributed by atoms with Crippen LogP contribution in [0.1, 0.15) is 41.5 Å². The zero-order chi connectivity index (χ0) is 17.6. The van der Waals surface area contributed by atoms with Gasteiger partial charge in [-0.1, -0.05) is 0 Å². The molecule has 0 spiro atoms. The van der Waals surface area contributed by atoms with E-state index >= 15 is 0 Å². The average molecular weight is 436 g/mol. The first-order valence-electron chi connectivity index (χ1n) is 5.96. The molecule has 0 fully saturated rings. The summed E-state index contributed by atoms with van der Waals surface area (Å²) in [5.74, 6) is -1.12. The van der Waals surface area contributed by atoms with E-state index < -0.39 is 0 Å². The maximum atomic E-state index is 9.98. The Kier molecular flexibility index (Phi) is 23.5. The monoisotopic (exact) mass is 436 g/mol. The summed E-state index contributed by atoms with van der Waals surface area (Å²) in [7, 11) is 0. The molecule has 0 unspecified atom stereocenters. The molecule has 0 bridgehead atoms. The van der Waals surface area contributed by atoms with Crippen molar-refractivity contribution in [3.05, 3.63) is 19.3 Å². The zero-order valence-electron chi connectivity index (χ0n) is 13.8. The minimum Gasteiger partial charge on any atom is -0.334 e. The summed E-state index contributed by atoms with van der Waals surface area (Å²) in [6, 6.07) is 0. The normalized spacial score (nSPS) is 7.36. The second-order valence-corrected chi connectivity index (χ2v) is 4.10. The zero-order valence-corrected chi connectivity index (χ0v) is 17.4. The van der Waals surface area contributed by atoms with Gasteiger partial charge in [0.2, 0.25) is 0 Å². The van der Waals surface area contributed by atoms with Crippen LogP contribution in [0.5, 0.6) is 0 Å². The van der Waals surface area contributed by atoms with Crippen LogP contribution < -0.4 is 0 Å². The van der Waals surface area contributed by atoms with Crippen LogP contribution in [-0.4, -0.2) is 34.7 Å². The Morgan fingerprint density at radius 2 is 0.500 bits per heavy atom. The topological polar surface area (TPSA) is 102 Å². The Morgan fingerprint density at radius 1 is 0.409 bits per heavy atom. The molecule has 0 aliphatic rings.